The third-order valence-corrected chi connectivity index (χ3v) is 8.39. The molecule has 0 saturated heterocycles. The zero-order chi connectivity index (χ0) is 24.5. The Morgan fingerprint density at radius 3 is 1.51 bits per heavy atom. The van der Waals surface area contributed by atoms with Crippen molar-refractivity contribution in [1.29, 1.82) is 0 Å². The second-order valence-corrected chi connectivity index (χ2v) is 10.3. The van der Waals surface area contributed by atoms with Gasteiger partial charge in [-0.2, -0.15) is 0 Å². The number of nitrogens with zero attached hydrogens (tertiary/aromatic N) is 2. The van der Waals surface area contributed by atoms with Gasteiger partial charge in [0.15, 0.2) is 0 Å². The van der Waals surface area contributed by atoms with Crippen LogP contribution in [0.15, 0.2) is 132 Å². The van der Waals surface area contributed by atoms with Crippen LogP contribution >= 0.6 is 15.9 Å². The summed E-state index contributed by atoms with van der Waals surface area (Å²) in [5.74, 6) is 0. The SMILES string of the molecule is Brc1c(-n2c3ccccc3c3ccccc32)cccc1-n1c2ccccc2c2ccc3ccccc3c21. The Balaban J connectivity index is 1.52. The van der Waals surface area contributed by atoms with E-state index < -0.39 is 0 Å². The smallest absolute Gasteiger partial charge is 0.0656 e. The van der Waals surface area contributed by atoms with Crippen LogP contribution in [0.3, 0.4) is 0 Å². The summed E-state index contributed by atoms with van der Waals surface area (Å²) in [5, 5.41) is 7.55. The zero-order valence-corrected chi connectivity index (χ0v) is 21.5. The number of rotatable bonds is 2. The van der Waals surface area contributed by atoms with Crippen molar-refractivity contribution < 1.29 is 0 Å². The first-order valence-corrected chi connectivity index (χ1v) is 13.3. The van der Waals surface area contributed by atoms with Crippen LogP contribution in [0.2, 0.25) is 0 Å². The molecule has 0 unspecified atom stereocenters. The van der Waals surface area contributed by atoms with E-state index >= 15 is 0 Å². The predicted octanol–water partition coefficient (Wildman–Crippen LogP) is 9.80. The predicted molar refractivity (Wildman–Crippen MR) is 160 cm³/mol. The van der Waals surface area contributed by atoms with Crippen molar-refractivity contribution in [3.8, 4) is 11.4 Å². The number of hydrogen-bond acceptors (Lipinski definition) is 0. The van der Waals surface area contributed by atoms with Crippen LogP contribution in [0, 0.1) is 0 Å². The lowest BCUT2D eigenvalue weighted by molar-refractivity contribution is 1.12. The summed E-state index contributed by atoms with van der Waals surface area (Å²) < 4.78 is 5.87. The van der Waals surface area contributed by atoms with Gasteiger partial charge < -0.3 is 9.13 Å². The molecule has 0 bridgehead atoms. The maximum Gasteiger partial charge on any atom is 0.0656 e. The number of para-hydroxylation sites is 3. The average molecular weight is 537 g/mol. The van der Waals surface area contributed by atoms with Crippen molar-refractivity contribution in [2.24, 2.45) is 0 Å². The molecule has 2 nitrogen and oxygen atoms in total. The van der Waals surface area contributed by atoms with Gasteiger partial charge in [0, 0.05) is 26.9 Å². The van der Waals surface area contributed by atoms with E-state index in [4.69, 9.17) is 0 Å². The molecule has 8 aromatic rings. The lowest BCUT2D eigenvalue weighted by Gasteiger charge is -2.16. The molecule has 2 heterocycles. The molecule has 174 valence electrons. The fourth-order valence-corrected chi connectivity index (χ4v) is 6.63. The highest BCUT2D eigenvalue weighted by Gasteiger charge is 2.20. The normalized spacial score (nSPS) is 11.9. The van der Waals surface area contributed by atoms with Crippen LogP contribution in [0.5, 0.6) is 0 Å². The fraction of sp³-hybridized carbons (Fsp3) is 0. The number of fused-ring (bicyclic) bond motifs is 8. The minimum Gasteiger partial charge on any atom is -0.308 e. The lowest BCUT2D eigenvalue weighted by Crippen LogP contribution is -2.01. The molecule has 3 heteroatoms. The number of hydrogen-bond donors (Lipinski definition) is 0. The summed E-state index contributed by atoms with van der Waals surface area (Å²) in [7, 11) is 0. The van der Waals surface area contributed by atoms with E-state index in [2.05, 4.69) is 152 Å². The van der Waals surface area contributed by atoms with Gasteiger partial charge in [-0.3, -0.25) is 0 Å². The molecular formula is C34H21BrN2. The second kappa shape index (κ2) is 7.83. The molecule has 6 aromatic carbocycles. The fourth-order valence-electron chi connectivity index (χ4n) is 6.02. The first kappa shape index (κ1) is 20.8. The molecule has 0 N–H and O–H groups in total. The average Bonchev–Trinajstić information content (AvgIpc) is 3.47. The van der Waals surface area contributed by atoms with E-state index in [0.717, 1.165) is 15.8 Å². The first-order chi connectivity index (χ1) is 18.3. The van der Waals surface area contributed by atoms with Crippen LogP contribution in [-0.4, -0.2) is 9.13 Å². The van der Waals surface area contributed by atoms with Crippen molar-refractivity contribution in [3.05, 3.63) is 132 Å². The Kier molecular flexibility index (Phi) is 4.40. The molecule has 0 radical (unpaired) electrons. The Morgan fingerprint density at radius 2 is 0.865 bits per heavy atom. The maximum absolute atomic E-state index is 4.09. The molecule has 0 spiro atoms. The summed E-state index contributed by atoms with van der Waals surface area (Å²) in [6.45, 7) is 0. The van der Waals surface area contributed by atoms with Gasteiger partial charge in [-0.1, -0.05) is 97.1 Å². The Bertz CT molecular complexity index is 2110. The van der Waals surface area contributed by atoms with Crippen LogP contribution in [-0.2, 0) is 0 Å². The number of halogens is 1. The van der Waals surface area contributed by atoms with Crippen LogP contribution in [0.1, 0.15) is 0 Å². The zero-order valence-electron chi connectivity index (χ0n) is 19.9. The van der Waals surface area contributed by atoms with Gasteiger partial charge in [0.05, 0.1) is 37.9 Å². The minimum atomic E-state index is 1.07. The van der Waals surface area contributed by atoms with Crippen molar-refractivity contribution >= 4 is 70.3 Å². The maximum atomic E-state index is 4.09. The number of aromatic nitrogens is 2. The highest BCUT2D eigenvalue weighted by molar-refractivity contribution is 9.10. The van der Waals surface area contributed by atoms with Crippen LogP contribution < -0.4 is 0 Å². The molecule has 0 atom stereocenters. The van der Waals surface area contributed by atoms with Gasteiger partial charge in [0.25, 0.3) is 0 Å². The van der Waals surface area contributed by atoms with E-state index in [1.165, 1.54) is 54.4 Å². The molecule has 0 aliphatic rings. The van der Waals surface area contributed by atoms with E-state index in [-0.39, 0.29) is 0 Å². The molecule has 37 heavy (non-hydrogen) atoms. The van der Waals surface area contributed by atoms with E-state index in [0.29, 0.717) is 0 Å². The van der Waals surface area contributed by atoms with E-state index in [9.17, 15) is 0 Å². The topological polar surface area (TPSA) is 9.86 Å². The molecule has 8 rings (SSSR count). The largest absolute Gasteiger partial charge is 0.308 e. The molecular weight excluding hydrogens is 516 g/mol. The Labute approximate surface area is 222 Å². The summed E-state index contributed by atoms with van der Waals surface area (Å²) in [4.78, 5) is 0. The van der Waals surface area contributed by atoms with Gasteiger partial charge in [-0.25, -0.2) is 0 Å². The first-order valence-electron chi connectivity index (χ1n) is 12.5. The summed E-state index contributed by atoms with van der Waals surface area (Å²) in [5.41, 5.74) is 7.10. The van der Waals surface area contributed by atoms with Crippen molar-refractivity contribution in [1.82, 2.24) is 9.13 Å². The quantitative estimate of drug-likeness (QED) is 0.208. The van der Waals surface area contributed by atoms with Crippen molar-refractivity contribution in [2.45, 2.75) is 0 Å². The standard InChI is InChI=1S/C34H21BrN2/c35-33-31(36-28-15-6-3-12-24(28)25-13-4-7-16-29(25)36)18-9-19-32(33)37-30-17-8-5-14-26(30)27-21-20-22-10-1-2-11-23(22)34(27)37/h1-21H. The van der Waals surface area contributed by atoms with Gasteiger partial charge in [0.2, 0.25) is 0 Å². The van der Waals surface area contributed by atoms with Gasteiger partial charge >= 0.3 is 0 Å². The highest BCUT2D eigenvalue weighted by Crippen LogP contribution is 2.41. The van der Waals surface area contributed by atoms with Gasteiger partial charge in [-0.15, -0.1) is 0 Å². The van der Waals surface area contributed by atoms with E-state index in [1.807, 2.05) is 0 Å². The lowest BCUT2D eigenvalue weighted by atomic mass is 10.1. The molecule has 0 saturated carbocycles. The summed E-state index contributed by atoms with van der Waals surface area (Å²) in [6.07, 6.45) is 0. The molecule has 0 amide bonds. The van der Waals surface area contributed by atoms with Gasteiger partial charge in [-0.05, 0) is 51.6 Å². The summed E-state index contributed by atoms with van der Waals surface area (Å²) in [6, 6.07) is 45.8. The molecule has 2 aromatic heterocycles. The molecule has 0 aliphatic heterocycles. The van der Waals surface area contributed by atoms with Gasteiger partial charge in [0.1, 0.15) is 0 Å². The second-order valence-electron chi connectivity index (χ2n) is 9.52. The minimum absolute atomic E-state index is 1.07. The third kappa shape index (κ3) is 2.86. The van der Waals surface area contributed by atoms with Crippen molar-refractivity contribution in [2.75, 3.05) is 0 Å². The van der Waals surface area contributed by atoms with Crippen molar-refractivity contribution in [3.63, 3.8) is 0 Å². The Hall–Kier alpha value is -4.34. The highest BCUT2D eigenvalue weighted by atomic mass is 79.9. The molecule has 0 fully saturated rings. The monoisotopic (exact) mass is 536 g/mol. The Morgan fingerprint density at radius 1 is 0.378 bits per heavy atom. The summed E-state index contributed by atoms with van der Waals surface area (Å²) >= 11 is 4.09. The van der Waals surface area contributed by atoms with E-state index in [1.54, 1.807) is 0 Å². The molecule has 0 aliphatic carbocycles. The van der Waals surface area contributed by atoms with Crippen LogP contribution in [0.25, 0.3) is 65.8 Å². The third-order valence-electron chi connectivity index (χ3n) is 7.58. The number of benzene rings is 6. The van der Waals surface area contributed by atoms with Crippen LogP contribution in [0.4, 0.5) is 0 Å².